The lowest BCUT2D eigenvalue weighted by atomic mass is 9.91. The van der Waals surface area contributed by atoms with Gasteiger partial charge in [0.25, 0.3) is 5.91 Å². The molecule has 130 valence electrons. The van der Waals surface area contributed by atoms with Crippen molar-refractivity contribution in [2.24, 2.45) is 0 Å². The normalized spacial score (nSPS) is 16.7. The minimum absolute atomic E-state index is 0.0116. The standard InChI is InChI=1S/C15H20F3NO4/c1-4-14(7-5-6-8-14)19(13(22)15(16,17)18)11(20)9-23-12(21)10(2)3/h2,4-9H2,1,3H3. The summed E-state index contributed by atoms with van der Waals surface area (Å²) in [7, 11) is 0. The first-order valence-electron chi connectivity index (χ1n) is 7.32. The Bertz CT molecular complexity index is 507. The predicted molar refractivity (Wildman–Crippen MR) is 75.2 cm³/mol. The molecule has 0 heterocycles. The van der Waals surface area contributed by atoms with E-state index in [9.17, 15) is 27.6 Å². The molecule has 0 atom stereocenters. The highest BCUT2D eigenvalue weighted by Gasteiger charge is 2.53. The zero-order chi connectivity index (χ0) is 17.8. The van der Waals surface area contributed by atoms with Crippen LogP contribution in [0.4, 0.5) is 13.2 Å². The number of esters is 1. The number of carbonyl (C=O) groups excluding carboxylic acids is 3. The molecule has 1 aliphatic rings. The van der Waals surface area contributed by atoms with Crippen LogP contribution in [-0.4, -0.2) is 41.0 Å². The van der Waals surface area contributed by atoms with Crippen LogP contribution in [0.2, 0.25) is 0 Å². The fourth-order valence-corrected chi connectivity index (χ4v) is 2.80. The Hall–Kier alpha value is -1.86. The monoisotopic (exact) mass is 335 g/mol. The van der Waals surface area contributed by atoms with Crippen molar-refractivity contribution in [1.29, 1.82) is 0 Å². The van der Waals surface area contributed by atoms with Gasteiger partial charge in [-0.1, -0.05) is 26.3 Å². The van der Waals surface area contributed by atoms with Crippen LogP contribution in [-0.2, 0) is 19.1 Å². The Morgan fingerprint density at radius 3 is 2.13 bits per heavy atom. The van der Waals surface area contributed by atoms with Crippen molar-refractivity contribution in [2.75, 3.05) is 6.61 Å². The van der Waals surface area contributed by atoms with E-state index >= 15 is 0 Å². The SMILES string of the molecule is C=C(C)C(=O)OCC(=O)N(C(=O)C(F)(F)F)C1(CC)CCCC1. The van der Waals surface area contributed by atoms with Crippen molar-refractivity contribution < 1.29 is 32.3 Å². The van der Waals surface area contributed by atoms with Gasteiger partial charge in [-0.25, -0.2) is 4.79 Å². The molecule has 0 saturated heterocycles. The summed E-state index contributed by atoms with van der Waals surface area (Å²) in [5.74, 6) is -4.27. The van der Waals surface area contributed by atoms with E-state index in [4.69, 9.17) is 0 Å². The van der Waals surface area contributed by atoms with Crippen molar-refractivity contribution in [3.8, 4) is 0 Å². The molecule has 8 heteroatoms. The number of imide groups is 1. The minimum atomic E-state index is -5.17. The van der Waals surface area contributed by atoms with E-state index in [-0.39, 0.29) is 16.9 Å². The topological polar surface area (TPSA) is 63.7 Å². The maximum absolute atomic E-state index is 12.9. The molecule has 0 unspecified atom stereocenters. The van der Waals surface area contributed by atoms with E-state index in [0.29, 0.717) is 25.7 Å². The molecular weight excluding hydrogens is 315 g/mol. The van der Waals surface area contributed by atoms with E-state index in [0.717, 1.165) is 0 Å². The maximum Gasteiger partial charge on any atom is 0.471 e. The first-order valence-corrected chi connectivity index (χ1v) is 7.32. The van der Waals surface area contributed by atoms with Gasteiger partial charge in [0.05, 0.1) is 5.54 Å². The molecule has 0 aromatic rings. The molecule has 0 aliphatic heterocycles. The van der Waals surface area contributed by atoms with Gasteiger partial charge in [0.1, 0.15) is 0 Å². The molecule has 0 aromatic carbocycles. The quantitative estimate of drug-likeness (QED) is 0.572. The molecule has 5 nitrogen and oxygen atoms in total. The number of nitrogens with zero attached hydrogens (tertiary/aromatic N) is 1. The second-order valence-electron chi connectivity index (χ2n) is 5.67. The number of hydrogen-bond donors (Lipinski definition) is 0. The molecule has 1 aliphatic carbocycles. The van der Waals surface area contributed by atoms with Gasteiger partial charge < -0.3 is 4.74 Å². The fraction of sp³-hybridized carbons (Fsp3) is 0.667. The van der Waals surface area contributed by atoms with E-state index in [1.807, 2.05) is 0 Å². The Morgan fingerprint density at radius 2 is 1.74 bits per heavy atom. The lowest BCUT2D eigenvalue weighted by Crippen LogP contribution is -2.58. The van der Waals surface area contributed by atoms with Gasteiger partial charge >= 0.3 is 18.1 Å². The van der Waals surface area contributed by atoms with Gasteiger partial charge in [-0.15, -0.1) is 0 Å². The number of ether oxygens (including phenoxy) is 1. The number of carbonyl (C=O) groups is 3. The van der Waals surface area contributed by atoms with Gasteiger partial charge in [-0.05, 0) is 26.2 Å². The van der Waals surface area contributed by atoms with E-state index in [1.54, 1.807) is 6.92 Å². The van der Waals surface area contributed by atoms with Crippen LogP contribution < -0.4 is 0 Å². The van der Waals surface area contributed by atoms with Crippen LogP contribution >= 0.6 is 0 Å². The van der Waals surface area contributed by atoms with E-state index < -0.39 is 36.1 Å². The van der Waals surface area contributed by atoms with Gasteiger partial charge in [-0.2, -0.15) is 13.2 Å². The van der Waals surface area contributed by atoms with Crippen molar-refractivity contribution in [3.63, 3.8) is 0 Å². The van der Waals surface area contributed by atoms with Crippen molar-refractivity contribution in [3.05, 3.63) is 12.2 Å². The molecule has 0 bridgehead atoms. The Balaban J connectivity index is 3.04. The van der Waals surface area contributed by atoms with Gasteiger partial charge in [0, 0.05) is 5.57 Å². The van der Waals surface area contributed by atoms with Crippen LogP contribution in [0, 0.1) is 0 Å². The van der Waals surface area contributed by atoms with Crippen molar-refractivity contribution in [1.82, 2.24) is 4.90 Å². The number of rotatable bonds is 5. The van der Waals surface area contributed by atoms with Gasteiger partial charge in [-0.3, -0.25) is 14.5 Å². The number of alkyl halides is 3. The number of amides is 2. The summed E-state index contributed by atoms with van der Waals surface area (Å²) in [4.78, 5) is 35.5. The number of halogens is 3. The second-order valence-corrected chi connectivity index (χ2v) is 5.67. The molecule has 0 spiro atoms. The zero-order valence-electron chi connectivity index (χ0n) is 13.2. The lowest BCUT2D eigenvalue weighted by Gasteiger charge is -2.39. The largest absolute Gasteiger partial charge is 0.471 e. The summed E-state index contributed by atoms with van der Waals surface area (Å²) in [6, 6.07) is 0. The van der Waals surface area contributed by atoms with Crippen molar-refractivity contribution >= 4 is 17.8 Å². The molecule has 1 saturated carbocycles. The van der Waals surface area contributed by atoms with E-state index in [1.165, 1.54) is 6.92 Å². The summed E-state index contributed by atoms with van der Waals surface area (Å²) >= 11 is 0. The van der Waals surface area contributed by atoms with Crippen LogP contribution in [0.25, 0.3) is 0 Å². The van der Waals surface area contributed by atoms with Crippen LogP contribution in [0.3, 0.4) is 0 Å². The summed E-state index contributed by atoms with van der Waals surface area (Å²) in [6.45, 7) is 5.37. The molecule has 23 heavy (non-hydrogen) atoms. The summed E-state index contributed by atoms with van der Waals surface area (Å²) in [6.07, 6.45) is -3.06. The van der Waals surface area contributed by atoms with E-state index in [2.05, 4.69) is 11.3 Å². The highest BCUT2D eigenvalue weighted by molar-refractivity contribution is 6.00. The molecule has 0 N–H and O–H groups in total. The summed E-state index contributed by atoms with van der Waals surface area (Å²) in [5, 5.41) is 0. The zero-order valence-corrected chi connectivity index (χ0v) is 13.2. The van der Waals surface area contributed by atoms with Crippen molar-refractivity contribution in [2.45, 2.75) is 57.7 Å². The fourth-order valence-electron chi connectivity index (χ4n) is 2.80. The summed E-state index contributed by atoms with van der Waals surface area (Å²) in [5.41, 5.74) is -1.16. The third-order valence-corrected chi connectivity index (χ3v) is 4.04. The number of hydrogen-bond acceptors (Lipinski definition) is 4. The van der Waals surface area contributed by atoms with Crippen LogP contribution in [0.5, 0.6) is 0 Å². The highest BCUT2D eigenvalue weighted by Crippen LogP contribution is 2.40. The van der Waals surface area contributed by atoms with Gasteiger partial charge in [0.2, 0.25) is 0 Å². The lowest BCUT2D eigenvalue weighted by molar-refractivity contribution is -0.195. The average Bonchev–Trinajstić information content (AvgIpc) is 2.93. The predicted octanol–water partition coefficient (Wildman–Crippen LogP) is 2.75. The highest BCUT2D eigenvalue weighted by atomic mass is 19.4. The average molecular weight is 335 g/mol. The molecule has 0 aromatic heterocycles. The molecule has 1 rings (SSSR count). The minimum Gasteiger partial charge on any atom is -0.452 e. The first kappa shape index (κ1) is 19.2. The summed E-state index contributed by atoms with van der Waals surface area (Å²) < 4.78 is 43.3. The Kier molecular flexibility index (Phi) is 5.96. The first-order chi connectivity index (χ1) is 10.5. The Labute approximate surface area is 132 Å². The third-order valence-electron chi connectivity index (χ3n) is 4.04. The molecule has 0 radical (unpaired) electrons. The Morgan fingerprint density at radius 1 is 1.22 bits per heavy atom. The third kappa shape index (κ3) is 4.33. The van der Waals surface area contributed by atoms with Gasteiger partial charge in [0.15, 0.2) is 6.61 Å². The maximum atomic E-state index is 12.9. The second kappa shape index (κ2) is 7.14. The smallest absolute Gasteiger partial charge is 0.452 e. The van der Waals surface area contributed by atoms with Crippen LogP contribution in [0.15, 0.2) is 12.2 Å². The molecule has 2 amide bonds. The molecule has 1 fully saturated rings. The molecular formula is C15H20F3NO4. The van der Waals surface area contributed by atoms with Crippen LogP contribution in [0.1, 0.15) is 46.0 Å².